The molecule has 0 radical (unpaired) electrons. The normalized spacial score (nSPS) is 18.7. The molecular weight excluding hydrogens is 226 g/mol. The van der Waals surface area contributed by atoms with Gasteiger partial charge in [0, 0.05) is 16.7 Å². The second-order valence-electron chi connectivity index (χ2n) is 5.46. The summed E-state index contributed by atoms with van der Waals surface area (Å²) in [7, 11) is 1.62. The number of aryl methyl sites for hydroxylation is 1. The fourth-order valence-corrected chi connectivity index (χ4v) is 3.14. The Morgan fingerprint density at radius 1 is 1.22 bits per heavy atom. The van der Waals surface area contributed by atoms with Crippen molar-refractivity contribution in [1.82, 2.24) is 0 Å². The summed E-state index contributed by atoms with van der Waals surface area (Å²) < 4.78 is 5.28. The highest BCUT2D eigenvalue weighted by atomic mass is 16.5. The van der Waals surface area contributed by atoms with E-state index in [2.05, 4.69) is 0 Å². The van der Waals surface area contributed by atoms with E-state index in [9.17, 15) is 5.11 Å². The van der Waals surface area contributed by atoms with E-state index in [-0.39, 0.29) is 5.54 Å². The van der Waals surface area contributed by atoms with Gasteiger partial charge in [0.15, 0.2) is 0 Å². The smallest absolute Gasteiger partial charge is 0.127 e. The molecule has 0 aliphatic heterocycles. The van der Waals surface area contributed by atoms with Crippen molar-refractivity contribution in [2.45, 2.75) is 51.5 Å². The van der Waals surface area contributed by atoms with Crippen molar-refractivity contribution in [1.29, 1.82) is 0 Å². The maximum atomic E-state index is 10.4. The van der Waals surface area contributed by atoms with Crippen molar-refractivity contribution in [3.05, 3.63) is 22.8 Å². The number of aromatic hydroxyl groups is 1. The number of hydrogen-bond acceptors (Lipinski definition) is 3. The molecule has 100 valence electrons. The Balaban J connectivity index is 2.53. The molecule has 3 N–H and O–H groups in total. The molecule has 1 fully saturated rings. The van der Waals surface area contributed by atoms with Crippen LogP contribution in [0.2, 0.25) is 0 Å². The van der Waals surface area contributed by atoms with Crippen molar-refractivity contribution < 1.29 is 9.84 Å². The standard InChI is InChI=1S/C15H23NO2/c1-10-9-12(18-3)11(2)14(17)13(10)15(16)7-5-4-6-8-15/h9,17H,4-8,16H2,1-3H3. The number of ether oxygens (including phenoxy) is 1. The summed E-state index contributed by atoms with van der Waals surface area (Å²) in [6.07, 6.45) is 5.43. The van der Waals surface area contributed by atoms with Crippen molar-refractivity contribution in [3.63, 3.8) is 0 Å². The largest absolute Gasteiger partial charge is 0.507 e. The minimum Gasteiger partial charge on any atom is -0.507 e. The summed E-state index contributed by atoms with van der Waals surface area (Å²) in [5, 5.41) is 10.4. The zero-order valence-corrected chi connectivity index (χ0v) is 11.5. The maximum Gasteiger partial charge on any atom is 0.127 e. The summed E-state index contributed by atoms with van der Waals surface area (Å²) in [6.45, 7) is 3.88. The zero-order valence-electron chi connectivity index (χ0n) is 11.5. The van der Waals surface area contributed by atoms with E-state index in [0.717, 1.165) is 48.1 Å². The van der Waals surface area contributed by atoms with Gasteiger partial charge in [-0.2, -0.15) is 0 Å². The third kappa shape index (κ3) is 2.07. The van der Waals surface area contributed by atoms with E-state index < -0.39 is 0 Å². The fraction of sp³-hybridized carbons (Fsp3) is 0.600. The summed E-state index contributed by atoms with van der Waals surface area (Å²) in [4.78, 5) is 0. The van der Waals surface area contributed by atoms with Crippen molar-refractivity contribution >= 4 is 0 Å². The molecule has 1 saturated carbocycles. The third-order valence-corrected chi connectivity index (χ3v) is 4.17. The minimum atomic E-state index is -0.372. The molecule has 0 atom stereocenters. The first kappa shape index (κ1) is 13.2. The molecule has 0 bridgehead atoms. The Labute approximate surface area is 109 Å². The van der Waals surface area contributed by atoms with Gasteiger partial charge in [-0.3, -0.25) is 0 Å². The van der Waals surface area contributed by atoms with Gasteiger partial charge in [-0.05, 0) is 38.3 Å². The molecule has 0 heterocycles. The Bertz CT molecular complexity index is 448. The van der Waals surface area contributed by atoms with Crippen LogP contribution in [0.1, 0.15) is 48.8 Å². The average Bonchev–Trinajstić information content (AvgIpc) is 2.34. The van der Waals surface area contributed by atoms with Gasteiger partial charge in [0.05, 0.1) is 7.11 Å². The molecule has 18 heavy (non-hydrogen) atoms. The van der Waals surface area contributed by atoms with Crippen LogP contribution in [0.3, 0.4) is 0 Å². The number of benzene rings is 1. The first-order valence-corrected chi connectivity index (χ1v) is 6.66. The van der Waals surface area contributed by atoms with Crippen LogP contribution >= 0.6 is 0 Å². The Morgan fingerprint density at radius 3 is 2.39 bits per heavy atom. The van der Waals surface area contributed by atoms with E-state index in [4.69, 9.17) is 10.5 Å². The van der Waals surface area contributed by atoms with Gasteiger partial charge in [-0.1, -0.05) is 19.3 Å². The van der Waals surface area contributed by atoms with Gasteiger partial charge in [0.25, 0.3) is 0 Å². The Morgan fingerprint density at radius 2 is 1.83 bits per heavy atom. The van der Waals surface area contributed by atoms with Gasteiger partial charge in [-0.15, -0.1) is 0 Å². The van der Waals surface area contributed by atoms with Crippen molar-refractivity contribution in [2.24, 2.45) is 5.73 Å². The zero-order chi connectivity index (χ0) is 13.3. The maximum absolute atomic E-state index is 10.4. The molecule has 0 unspecified atom stereocenters. The lowest BCUT2D eigenvalue weighted by Gasteiger charge is -2.36. The molecule has 1 aromatic carbocycles. The minimum absolute atomic E-state index is 0.316. The van der Waals surface area contributed by atoms with E-state index in [1.165, 1.54) is 6.42 Å². The highest BCUT2D eigenvalue weighted by Gasteiger charge is 2.34. The van der Waals surface area contributed by atoms with Crippen LogP contribution in [-0.2, 0) is 5.54 Å². The van der Waals surface area contributed by atoms with Crippen LogP contribution in [0, 0.1) is 13.8 Å². The van der Waals surface area contributed by atoms with Crippen LogP contribution in [0.15, 0.2) is 6.07 Å². The lowest BCUT2D eigenvalue weighted by molar-refractivity contribution is 0.289. The van der Waals surface area contributed by atoms with Gasteiger partial charge in [-0.25, -0.2) is 0 Å². The predicted octanol–water partition coefficient (Wildman–Crippen LogP) is 3.14. The van der Waals surface area contributed by atoms with Crippen LogP contribution in [0.25, 0.3) is 0 Å². The van der Waals surface area contributed by atoms with Crippen molar-refractivity contribution in [3.8, 4) is 11.5 Å². The number of rotatable bonds is 2. The molecule has 0 saturated heterocycles. The molecule has 3 heteroatoms. The summed E-state index contributed by atoms with van der Waals surface area (Å²) in [5.41, 5.74) is 8.90. The highest BCUT2D eigenvalue weighted by Crippen LogP contribution is 2.44. The average molecular weight is 249 g/mol. The molecular formula is C15H23NO2. The topological polar surface area (TPSA) is 55.5 Å². The number of nitrogens with two attached hydrogens (primary N) is 1. The third-order valence-electron chi connectivity index (χ3n) is 4.17. The molecule has 1 aromatic rings. The second-order valence-corrected chi connectivity index (χ2v) is 5.46. The van der Waals surface area contributed by atoms with E-state index in [1.807, 2.05) is 19.9 Å². The lowest BCUT2D eigenvalue weighted by Crippen LogP contribution is -2.39. The predicted molar refractivity (Wildman–Crippen MR) is 73.1 cm³/mol. The number of phenols is 1. The summed E-state index contributed by atoms with van der Waals surface area (Å²) >= 11 is 0. The molecule has 3 nitrogen and oxygen atoms in total. The van der Waals surface area contributed by atoms with Crippen molar-refractivity contribution in [2.75, 3.05) is 7.11 Å². The van der Waals surface area contributed by atoms with E-state index >= 15 is 0 Å². The van der Waals surface area contributed by atoms with Gasteiger partial charge in [0.1, 0.15) is 11.5 Å². The Kier molecular flexibility index (Phi) is 3.53. The van der Waals surface area contributed by atoms with Crippen LogP contribution in [0.5, 0.6) is 11.5 Å². The number of hydrogen-bond donors (Lipinski definition) is 2. The van der Waals surface area contributed by atoms with E-state index in [1.54, 1.807) is 7.11 Å². The van der Waals surface area contributed by atoms with Gasteiger partial charge >= 0.3 is 0 Å². The monoisotopic (exact) mass is 249 g/mol. The summed E-state index contributed by atoms with van der Waals surface area (Å²) in [6, 6.07) is 1.98. The van der Waals surface area contributed by atoms with Crippen LogP contribution < -0.4 is 10.5 Å². The first-order chi connectivity index (χ1) is 8.49. The number of methoxy groups -OCH3 is 1. The summed E-state index contributed by atoms with van der Waals surface area (Å²) in [5.74, 6) is 1.05. The van der Waals surface area contributed by atoms with Gasteiger partial charge < -0.3 is 15.6 Å². The highest BCUT2D eigenvalue weighted by molar-refractivity contribution is 5.55. The molecule has 2 rings (SSSR count). The molecule has 0 amide bonds. The van der Waals surface area contributed by atoms with Crippen LogP contribution in [-0.4, -0.2) is 12.2 Å². The molecule has 1 aliphatic rings. The molecule has 0 aromatic heterocycles. The van der Waals surface area contributed by atoms with Crippen LogP contribution in [0.4, 0.5) is 0 Å². The van der Waals surface area contributed by atoms with Gasteiger partial charge in [0.2, 0.25) is 0 Å². The second kappa shape index (κ2) is 4.81. The lowest BCUT2D eigenvalue weighted by atomic mass is 9.75. The quantitative estimate of drug-likeness (QED) is 0.846. The first-order valence-electron chi connectivity index (χ1n) is 6.66. The molecule has 1 aliphatic carbocycles. The fourth-order valence-electron chi connectivity index (χ4n) is 3.14. The molecule has 0 spiro atoms. The van der Waals surface area contributed by atoms with E-state index in [0.29, 0.717) is 5.75 Å². The SMILES string of the molecule is COc1cc(C)c(C2(N)CCCCC2)c(O)c1C. The Hall–Kier alpha value is -1.22. The number of phenolic OH excluding ortho intramolecular Hbond substituents is 1.